The monoisotopic (exact) mass is 286 g/mol. The highest BCUT2D eigenvalue weighted by molar-refractivity contribution is 5.91. The number of benzene rings is 1. The van der Waals surface area contributed by atoms with Crippen LogP contribution in [0.5, 0.6) is 0 Å². The van der Waals surface area contributed by atoms with E-state index in [1.54, 1.807) is 6.92 Å². The Morgan fingerprint density at radius 2 is 1.81 bits per heavy atom. The Kier molecular flexibility index (Phi) is 4.46. The SMILES string of the molecule is CCOC(=O)c1[nH]nc(-c2c(C)cc(C)cc2C)c1CC. The van der Waals surface area contributed by atoms with Crippen molar-refractivity contribution < 1.29 is 9.53 Å². The highest BCUT2D eigenvalue weighted by atomic mass is 16.5. The molecular formula is C17H22N2O2. The number of esters is 1. The highest BCUT2D eigenvalue weighted by Crippen LogP contribution is 2.31. The molecule has 0 saturated heterocycles. The highest BCUT2D eigenvalue weighted by Gasteiger charge is 2.21. The third kappa shape index (κ3) is 2.84. The van der Waals surface area contributed by atoms with Crippen molar-refractivity contribution in [2.45, 2.75) is 41.0 Å². The van der Waals surface area contributed by atoms with Crippen LogP contribution in [0.2, 0.25) is 0 Å². The van der Waals surface area contributed by atoms with Crippen molar-refractivity contribution in [3.63, 3.8) is 0 Å². The summed E-state index contributed by atoms with van der Waals surface area (Å²) in [6.45, 7) is 10.4. The number of carbonyl (C=O) groups is 1. The zero-order chi connectivity index (χ0) is 15.6. The molecule has 1 aromatic carbocycles. The van der Waals surface area contributed by atoms with E-state index in [0.717, 1.165) is 23.2 Å². The van der Waals surface area contributed by atoms with Crippen LogP contribution in [0.4, 0.5) is 0 Å². The van der Waals surface area contributed by atoms with Gasteiger partial charge in [0.25, 0.3) is 0 Å². The van der Waals surface area contributed by atoms with E-state index in [9.17, 15) is 4.79 Å². The second-order valence-corrected chi connectivity index (χ2v) is 5.27. The van der Waals surface area contributed by atoms with Crippen molar-refractivity contribution in [3.05, 3.63) is 40.1 Å². The summed E-state index contributed by atoms with van der Waals surface area (Å²) in [7, 11) is 0. The molecule has 1 N–H and O–H groups in total. The van der Waals surface area contributed by atoms with E-state index in [1.165, 1.54) is 16.7 Å². The van der Waals surface area contributed by atoms with Crippen LogP contribution in [0.3, 0.4) is 0 Å². The molecule has 0 unspecified atom stereocenters. The van der Waals surface area contributed by atoms with Crippen LogP contribution in [-0.4, -0.2) is 22.8 Å². The number of aromatic nitrogens is 2. The first kappa shape index (κ1) is 15.3. The Morgan fingerprint density at radius 1 is 1.19 bits per heavy atom. The Bertz CT molecular complexity index is 648. The first-order valence-corrected chi connectivity index (χ1v) is 7.32. The van der Waals surface area contributed by atoms with Gasteiger partial charge >= 0.3 is 5.97 Å². The molecule has 0 aliphatic heterocycles. The van der Waals surface area contributed by atoms with Crippen LogP contribution >= 0.6 is 0 Å². The van der Waals surface area contributed by atoms with Gasteiger partial charge in [0, 0.05) is 11.1 Å². The number of aromatic amines is 1. The van der Waals surface area contributed by atoms with Crippen LogP contribution in [0.25, 0.3) is 11.3 Å². The van der Waals surface area contributed by atoms with E-state index in [4.69, 9.17) is 4.74 Å². The van der Waals surface area contributed by atoms with Gasteiger partial charge in [0.2, 0.25) is 0 Å². The van der Waals surface area contributed by atoms with Gasteiger partial charge in [-0.25, -0.2) is 4.79 Å². The van der Waals surface area contributed by atoms with Gasteiger partial charge in [-0.15, -0.1) is 0 Å². The second-order valence-electron chi connectivity index (χ2n) is 5.27. The molecule has 0 aliphatic carbocycles. The zero-order valence-corrected chi connectivity index (χ0v) is 13.3. The van der Waals surface area contributed by atoms with Crippen LogP contribution in [0.15, 0.2) is 12.1 Å². The number of nitrogens with zero attached hydrogens (tertiary/aromatic N) is 1. The number of aryl methyl sites for hydroxylation is 3. The quantitative estimate of drug-likeness (QED) is 0.871. The topological polar surface area (TPSA) is 55.0 Å². The minimum atomic E-state index is -0.337. The third-order valence-corrected chi connectivity index (χ3v) is 3.61. The summed E-state index contributed by atoms with van der Waals surface area (Å²) in [5.74, 6) is -0.337. The summed E-state index contributed by atoms with van der Waals surface area (Å²) in [4.78, 5) is 12.0. The first-order valence-electron chi connectivity index (χ1n) is 7.32. The fourth-order valence-electron chi connectivity index (χ4n) is 2.84. The van der Waals surface area contributed by atoms with E-state index in [2.05, 4.69) is 43.1 Å². The maximum atomic E-state index is 12.0. The van der Waals surface area contributed by atoms with E-state index in [-0.39, 0.29) is 5.97 Å². The van der Waals surface area contributed by atoms with Gasteiger partial charge in [0.05, 0.1) is 12.3 Å². The summed E-state index contributed by atoms with van der Waals surface area (Å²) in [5, 5.41) is 7.24. The molecule has 112 valence electrons. The molecule has 0 fully saturated rings. The number of nitrogens with one attached hydrogen (secondary N) is 1. The molecule has 0 amide bonds. The molecule has 0 aliphatic rings. The Labute approximate surface area is 125 Å². The van der Waals surface area contributed by atoms with Crippen molar-refractivity contribution in [1.29, 1.82) is 0 Å². The molecule has 1 aromatic heterocycles. The van der Waals surface area contributed by atoms with Gasteiger partial charge in [-0.05, 0) is 45.2 Å². The average Bonchev–Trinajstić information content (AvgIpc) is 2.81. The number of hydrogen-bond donors (Lipinski definition) is 1. The van der Waals surface area contributed by atoms with E-state index < -0.39 is 0 Å². The lowest BCUT2D eigenvalue weighted by Gasteiger charge is -2.11. The lowest BCUT2D eigenvalue weighted by Crippen LogP contribution is -2.07. The van der Waals surface area contributed by atoms with Gasteiger partial charge in [-0.1, -0.05) is 24.6 Å². The van der Waals surface area contributed by atoms with Crippen molar-refractivity contribution >= 4 is 5.97 Å². The van der Waals surface area contributed by atoms with E-state index in [0.29, 0.717) is 12.3 Å². The molecule has 0 spiro atoms. The molecule has 2 aromatic rings. The molecule has 4 nitrogen and oxygen atoms in total. The van der Waals surface area contributed by atoms with Crippen LogP contribution < -0.4 is 0 Å². The number of carbonyl (C=O) groups excluding carboxylic acids is 1. The minimum absolute atomic E-state index is 0.337. The fraction of sp³-hybridized carbons (Fsp3) is 0.412. The largest absolute Gasteiger partial charge is 0.461 e. The summed E-state index contributed by atoms with van der Waals surface area (Å²) in [5.41, 5.74) is 6.91. The molecule has 0 radical (unpaired) electrons. The molecular weight excluding hydrogens is 264 g/mol. The molecule has 4 heteroatoms. The molecule has 21 heavy (non-hydrogen) atoms. The molecule has 0 saturated carbocycles. The first-order chi connectivity index (χ1) is 9.99. The maximum absolute atomic E-state index is 12.0. The molecule has 1 heterocycles. The van der Waals surface area contributed by atoms with E-state index >= 15 is 0 Å². The van der Waals surface area contributed by atoms with Crippen molar-refractivity contribution in [3.8, 4) is 11.3 Å². The third-order valence-electron chi connectivity index (χ3n) is 3.61. The lowest BCUT2D eigenvalue weighted by atomic mass is 9.94. The van der Waals surface area contributed by atoms with Crippen LogP contribution in [-0.2, 0) is 11.2 Å². The summed E-state index contributed by atoms with van der Waals surface area (Å²) >= 11 is 0. The standard InChI is InChI=1S/C17H22N2O2/c1-6-13-15(18-19-16(13)17(20)21-7-2)14-11(4)8-10(3)9-12(14)5/h8-9H,6-7H2,1-5H3,(H,18,19). The summed E-state index contributed by atoms with van der Waals surface area (Å²) in [6.07, 6.45) is 0.729. The van der Waals surface area contributed by atoms with Crippen molar-refractivity contribution in [1.82, 2.24) is 10.2 Å². The number of H-pyrrole nitrogens is 1. The maximum Gasteiger partial charge on any atom is 0.356 e. The Morgan fingerprint density at radius 3 is 2.33 bits per heavy atom. The molecule has 2 rings (SSSR count). The smallest absolute Gasteiger partial charge is 0.356 e. The predicted octanol–water partition coefficient (Wildman–Crippen LogP) is 3.74. The van der Waals surface area contributed by atoms with Gasteiger partial charge < -0.3 is 4.74 Å². The van der Waals surface area contributed by atoms with Crippen LogP contribution in [0, 0.1) is 20.8 Å². The Balaban J connectivity index is 2.58. The minimum Gasteiger partial charge on any atom is -0.461 e. The number of hydrogen-bond acceptors (Lipinski definition) is 3. The summed E-state index contributed by atoms with van der Waals surface area (Å²) < 4.78 is 5.09. The molecule has 0 atom stereocenters. The normalized spacial score (nSPS) is 10.7. The molecule has 0 bridgehead atoms. The number of rotatable bonds is 4. The van der Waals surface area contributed by atoms with Gasteiger partial charge in [0.15, 0.2) is 0 Å². The van der Waals surface area contributed by atoms with Crippen LogP contribution in [0.1, 0.15) is 46.6 Å². The van der Waals surface area contributed by atoms with Gasteiger partial charge in [-0.2, -0.15) is 5.10 Å². The van der Waals surface area contributed by atoms with Crippen molar-refractivity contribution in [2.75, 3.05) is 6.61 Å². The average molecular weight is 286 g/mol. The summed E-state index contributed by atoms with van der Waals surface area (Å²) in [6, 6.07) is 4.28. The van der Waals surface area contributed by atoms with E-state index in [1.807, 2.05) is 6.92 Å². The Hall–Kier alpha value is -2.10. The zero-order valence-electron chi connectivity index (χ0n) is 13.3. The van der Waals surface area contributed by atoms with Gasteiger partial charge in [-0.3, -0.25) is 5.10 Å². The van der Waals surface area contributed by atoms with Crippen molar-refractivity contribution in [2.24, 2.45) is 0 Å². The lowest BCUT2D eigenvalue weighted by molar-refractivity contribution is 0.0518. The van der Waals surface area contributed by atoms with Gasteiger partial charge in [0.1, 0.15) is 5.69 Å². The second kappa shape index (κ2) is 6.12. The predicted molar refractivity (Wildman–Crippen MR) is 83.6 cm³/mol. The number of ether oxygens (including phenoxy) is 1. The fourth-order valence-corrected chi connectivity index (χ4v) is 2.84.